The van der Waals surface area contributed by atoms with Crippen LogP contribution < -0.4 is 4.90 Å². The molecule has 0 bridgehead atoms. The van der Waals surface area contributed by atoms with E-state index in [-0.39, 0.29) is 0 Å². The molecule has 3 nitrogen and oxygen atoms in total. The fourth-order valence-corrected chi connectivity index (χ4v) is 9.44. The van der Waals surface area contributed by atoms with E-state index in [2.05, 4.69) is 163 Å². The summed E-state index contributed by atoms with van der Waals surface area (Å²) in [5.74, 6) is 0.567. The molecule has 2 aromatic heterocycles. The zero-order valence-electron chi connectivity index (χ0n) is 30.5. The summed E-state index contributed by atoms with van der Waals surface area (Å²) in [5, 5.41) is 7.10. The first-order chi connectivity index (χ1) is 27.3. The molecular weight excluding hydrogens is 671 g/mol. The third kappa shape index (κ3) is 5.18. The molecule has 0 saturated heterocycles. The lowest BCUT2D eigenvalue weighted by Gasteiger charge is -2.30. The minimum absolute atomic E-state index is 0.567. The van der Waals surface area contributed by atoms with Crippen molar-refractivity contribution in [3.63, 3.8) is 0 Å². The number of hydrogen-bond acceptors (Lipinski definition) is 3. The van der Waals surface area contributed by atoms with Gasteiger partial charge in [-0.25, -0.2) is 0 Å². The summed E-state index contributed by atoms with van der Waals surface area (Å²) < 4.78 is 13.3. The van der Waals surface area contributed by atoms with E-state index >= 15 is 0 Å². The third-order valence-corrected chi connectivity index (χ3v) is 11.9. The molecule has 1 fully saturated rings. The standard InChI is InChI=1S/C52H39NO2/c1-2-16-34(17-3-1)36-24-12-18-35-19-13-25-40(50(35)36)37-20-4-8-28-44(37)53(46-30-14-27-42-39-22-6-10-31-47(39)55-52(42)46)45-29-9-5-21-38(45)41-26-15-33-49-51(41)43-23-7-11-32-48(43)54-49/h4-15,18-34H,1-3,16-17H2. The van der Waals surface area contributed by atoms with E-state index in [0.717, 1.165) is 72.1 Å². The first-order valence-corrected chi connectivity index (χ1v) is 19.6. The summed E-state index contributed by atoms with van der Waals surface area (Å²) in [5.41, 5.74) is 12.8. The number of furan rings is 2. The number of anilines is 3. The Morgan fingerprint density at radius 3 is 1.67 bits per heavy atom. The lowest BCUT2D eigenvalue weighted by Crippen LogP contribution is -2.13. The molecule has 0 atom stereocenters. The Hall–Kier alpha value is -6.58. The monoisotopic (exact) mass is 709 g/mol. The molecule has 1 aliphatic carbocycles. The van der Waals surface area contributed by atoms with Gasteiger partial charge in [-0.15, -0.1) is 0 Å². The minimum Gasteiger partial charge on any atom is -0.456 e. The number of benzene rings is 8. The van der Waals surface area contributed by atoms with Crippen molar-refractivity contribution in [3.05, 3.63) is 175 Å². The van der Waals surface area contributed by atoms with Gasteiger partial charge in [0.05, 0.1) is 17.1 Å². The molecule has 0 amide bonds. The van der Waals surface area contributed by atoms with Gasteiger partial charge in [0.25, 0.3) is 0 Å². The van der Waals surface area contributed by atoms with Crippen molar-refractivity contribution in [2.75, 3.05) is 4.90 Å². The van der Waals surface area contributed by atoms with Gasteiger partial charge >= 0.3 is 0 Å². The zero-order chi connectivity index (χ0) is 36.3. The normalized spacial score (nSPS) is 13.7. The van der Waals surface area contributed by atoms with Gasteiger partial charge in [0.2, 0.25) is 0 Å². The van der Waals surface area contributed by atoms with E-state index in [0.29, 0.717) is 5.92 Å². The Morgan fingerprint density at radius 2 is 0.909 bits per heavy atom. The van der Waals surface area contributed by atoms with Crippen molar-refractivity contribution >= 4 is 71.7 Å². The van der Waals surface area contributed by atoms with Crippen LogP contribution in [0.25, 0.3) is 76.9 Å². The molecule has 0 spiro atoms. The molecule has 1 aliphatic rings. The Bertz CT molecular complexity index is 3040. The van der Waals surface area contributed by atoms with Gasteiger partial charge in [0, 0.05) is 32.7 Å². The second kappa shape index (κ2) is 13.1. The van der Waals surface area contributed by atoms with Crippen LogP contribution in [0.15, 0.2) is 179 Å². The van der Waals surface area contributed by atoms with E-state index in [9.17, 15) is 0 Å². The van der Waals surface area contributed by atoms with Crippen LogP contribution in [0.3, 0.4) is 0 Å². The van der Waals surface area contributed by atoms with Gasteiger partial charge < -0.3 is 13.7 Å². The molecule has 8 aromatic carbocycles. The van der Waals surface area contributed by atoms with Crippen molar-refractivity contribution < 1.29 is 8.83 Å². The van der Waals surface area contributed by atoms with Crippen LogP contribution in [0.1, 0.15) is 43.6 Å². The smallest absolute Gasteiger partial charge is 0.159 e. The highest BCUT2D eigenvalue weighted by atomic mass is 16.3. The van der Waals surface area contributed by atoms with Crippen LogP contribution in [0.4, 0.5) is 17.1 Å². The molecule has 0 aliphatic heterocycles. The number of fused-ring (bicyclic) bond motifs is 7. The second-order valence-corrected chi connectivity index (χ2v) is 15.0. The summed E-state index contributed by atoms with van der Waals surface area (Å²) in [6, 6.07) is 61.2. The molecular formula is C52H39NO2. The highest BCUT2D eigenvalue weighted by molar-refractivity contribution is 6.16. The fraction of sp³-hybridized carbons (Fsp3) is 0.115. The fourth-order valence-electron chi connectivity index (χ4n) is 9.44. The second-order valence-electron chi connectivity index (χ2n) is 15.0. The summed E-state index contributed by atoms with van der Waals surface area (Å²) in [7, 11) is 0. The molecule has 0 N–H and O–H groups in total. The molecule has 2 heterocycles. The van der Waals surface area contributed by atoms with Gasteiger partial charge in [0.1, 0.15) is 16.7 Å². The minimum atomic E-state index is 0.567. The largest absolute Gasteiger partial charge is 0.456 e. The SMILES string of the molecule is c1ccc(N(c2ccccc2-c2cccc3oc4ccccc4c23)c2cccc3c2oc2ccccc23)c(-c2cccc3cccc(C4CCCCC4)c23)c1. The van der Waals surface area contributed by atoms with Gasteiger partial charge in [-0.3, -0.25) is 0 Å². The van der Waals surface area contributed by atoms with Gasteiger partial charge in [-0.1, -0.05) is 153 Å². The molecule has 0 unspecified atom stereocenters. The first-order valence-electron chi connectivity index (χ1n) is 19.6. The number of para-hydroxylation sites is 5. The Labute approximate surface area is 320 Å². The Kier molecular flexibility index (Phi) is 7.58. The third-order valence-electron chi connectivity index (χ3n) is 11.9. The summed E-state index contributed by atoms with van der Waals surface area (Å²) in [6.45, 7) is 0. The highest BCUT2D eigenvalue weighted by Crippen LogP contribution is 2.51. The molecule has 55 heavy (non-hydrogen) atoms. The van der Waals surface area contributed by atoms with Crippen LogP contribution in [0, 0.1) is 0 Å². The van der Waals surface area contributed by atoms with Crippen molar-refractivity contribution in [1.82, 2.24) is 0 Å². The maximum absolute atomic E-state index is 6.83. The summed E-state index contributed by atoms with van der Waals surface area (Å²) >= 11 is 0. The van der Waals surface area contributed by atoms with Crippen LogP contribution in [0.5, 0.6) is 0 Å². The number of hydrogen-bond donors (Lipinski definition) is 0. The topological polar surface area (TPSA) is 29.5 Å². The molecule has 10 aromatic rings. The van der Waals surface area contributed by atoms with Gasteiger partial charge in [-0.2, -0.15) is 0 Å². The van der Waals surface area contributed by atoms with E-state index in [1.54, 1.807) is 0 Å². The number of nitrogens with zero attached hydrogens (tertiary/aromatic N) is 1. The zero-order valence-corrected chi connectivity index (χ0v) is 30.5. The summed E-state index contributed by atoms with van der Waals surface area (Å²) in [6.07, 6.45) is 6.42. The molecule has 11 rings (SSSR count). The lowest BCUT2D eigenvalue weighted by atomic mass is 9.80. The van der Waals surface area contributed by atoms with Crippen LogP contribution >= 0.6 is 0 Å². The van der Waals surface area contributed by atoms with Crippen LogP contribution in [-0.4, -0.2) is 0 Å². The lowest BCUT2D eigenvalue weighted by molar-refractivity contribution is 0.445. The average molecular weight is 710 g/mol. The van der Waals surface area contributed by atoms with Crippen molar-refractivity contribution in [2.45, 2.75) is 38.0 Å². The quantitative estimate of drug-likeness (QED) is 0.172. The Balaban J connectivity index is 1.22. The first kappa shape index (κ1) is 31.9. The van der Waals surface area contributed by atoms with Gasteiger partial charge in [0.15, 0.2) is 5.58 Å². The van der Waals surface area contributed by atoms with Crippen molar-refractivity contribution in [1.29, 1.82) is 0 Å². The summed E-state index contributed by atoms with van der Waals surface area (Å²) in [4.78, 5) is 2.44. The Morgan fingerprint density at radius 1 is 0.382 bits per heavy atom. The van der Waals surface area contributed by atoms with E-state index in [4.69, 9.17) is 8.83 Å². The predicted molar refractivity (Wildman–Crippen MR) is 230 cm³/mol. The van der Waals surface area contributed by atoms with E-state index in [1.807, 2.05) is 12.1 Å². The number of rotatable bonds is 6. The molecule has 3 heteroatoms. The molecule has 0 radical (unpaired) electrons. The maximum atomic E-state index is 6.83. The van der Waals surface area contributed by atoms with E-state index < -0.39 is 0 Å². The van der Waals surface area contributed by atoms with E-state index in [1.165, 1.54) is 59.6 Å². The molecule has 1 saturated carbocycles. The van der Waals surface area contributed by atoms with Gasteiger partial charge in [-0.05, 0) is 82.6 Å². The molecule has 264 valence electrons. The average Bonchev–Trinajstić information content (AvgIpc) is 3.83. The highest BCUT2D eigenvalue weighted by Gasteiger charge is 2.27. The van der Waals surface area contributed by atoms with Crippen LogP contribution in [-0.2, 0) is 0 Å². The van der Waals surface area contributed by atoms with Crippen molar-refractivity contribution in [3.8, 4) is 22.3 Å². The van der Waals surface area contributed by atoms with Crippen LogP contribution in [0.2, 0.25) is 0 Å². The predicted octanol–water partition coefficient (Wildman–Crippen LogP) is 15.5. The maximum Gasteiger partial charge on any atom is 0.159 e. The van der Waals surface area contributed by atoms with Crippen molar-refractivity contribution in [2.24, 2.45) is 0 Å².